The first kappa shape index (κ1) is 34.3. The lowest BCUT2D eigenvalue weighted by atomic mass is 9.41. The minimum Gasteiger partial charge on any atom is -0.444 e. The number of rotatable bonds is 11. The van der Waals surface area contributed by atoms with Gasteiger partial charge in [0.05, 0.1) is 19.3 Å². The first-order valence-electron chi connectivity index (χ1n) is 17.6. The fourth-order valence-electron chi connectivity index (χ4n) is 10.4. The number of allylic oxidation sites excluding steroid dienone is 1. The topological polar surface area (TPSA) is 76.7 Å². The van der Waals surface area contributed by atoms with Gasteiger partial charge >= 0.3 is 6.09 Å². The number of hydrogen-bond donors (Lipinski definition) is 2. The Labute approximate surface area is 263 Å². The van der Waals surface area contributed by atoms with E-state index in [4.69, 9.17) is 9.47 Å². The average molecular weight is 601 g/mol. The van der Waals surface area contributed by atoms with Crippen molar-refractivity contribution in [2.24, 2.45) is 45.8 Å². The number of carbonyl (C=O) groups excluding carboxylic acids is 2. The smallest absolute Gasteiger partial charge is 0.408 e. The summed E-state index contributed by atoms with van der Waals surface area (Å²) in [5, 5.41) is 5.35. The van der Waals surface area contributed by atoms with Crippen LogP contribution >= 0.6 is 0 Å². The summed E-state index contributed by atoms with van der Waals surface area (Å²) in [4.78, 5) is 23.9. The molecule has 8 atom stereocenters. The van der Waals surface area contributed by atoms with Crippen LogP contribution in [-0.2, 0) is 14.3 Å². The molecule has 2 N–H and O–H groups in total. The van der Waals surface area contributed by atoms with Crippen LogP contribution in [0.25, 0.3) is 0 Å². The summed E-state index contributed by atoms with van der Waals surface area (Å²) < 4.78 is 11.5. The highest BCUT2D eigenvalue weighted by molar-refractivity contribution is 5.82. The summed E-state index contributed by atoms with van der Waals surface area (Å²) in [7, 11) is 0. The van der Waals surface area contributed by atoms with Gasteiger partial charge in [0, 0.05) is 6.54 Å². The molecule has 0 saturated heterocycles. The summed E-state index contributed by atoms with van der Waals surface area (Å²) in [6, 6.07) is 0. The second-order valence-electron chi connectivity index (χ2n) is 16.9. The molecule has 246 valence electrons. The number of carbonyl (C=O) groups is 2. The predicted molar refractivity (Wildman–Crippen MR) is 175 cm³/mol. The maximum absolute atomic E-state index is 12.1. The van der Waals surface area contributed by atoms with Crippen molar-refractivity contribution >= 4 is 12.0 Å². The second-order valence-corrected chi connectivity index (χ2v) is 16.9. The van der Waals surface area contributed by atoms with E-state index in [1.807, 2.05) is 0 Å². The number of alkyl carbamates (subject to hydrolysis) is 1. The van der Waals surface area contributed by atoms with E-state index in [2.05, 4.69) is 58.3 Å². The number of nitrogens with one attached hydrogen (secondary N) is 2. The molecule has 0 radical (unpaired) electrons. The molecule has 6 nitrogen and oxygen atoms in total. The van der Waals surface area contributed by atoms with Crippen molar-refractivity contribution in [2.75, 3.05) is 19.7 Å². The molecule has 43 heavy (non-hydrogen) atoms. The quantitative estimate of drug-likeness (QED) is 0.184. The zero-order valence-corrected chi connectivity index (χ0v) is 29.1. The molecule has 4 aliphatic carbocycles. The zero-order chi connectivity index (χ0) is 31.6. The summed E-state index contributed by atoms with van der Waals surface area (Å²) in [5.74, 6) is 3.93. The molecule has 2 unspecified atom stereocenters. The maximum atomic E-state index is 12.1. The van der Waals surface area contributed by atoms with E-state index in [1.54, 1.807) is 26.3 Å². The lowest BCUT2D eigenvalue weighted by Gasteiger charge is -2.63. The van der Waals surface area contributed by atoms with Crippen molar-refractivity contribution in [3.8, 4) is 0 Å². The van der Waals surface area contributed by atoms with Gasteiger partial charge in [0.1, 0.15) is 5.60 Å². The lowest BCUT2D eigenvalue weighted by Crippen LogP contribution is -2.56. The molecule has 4 aliphatic rings. The third-order valence-corrected chi connectivity index (χ3v) is 12.4. The fourth-order valence-corrected chi connectivity index (χ4v) is 10.4. The Balaban J connectivity index is 1.28. The SMILES string of the molecule is CC(C)CCC[C@@H](C)C1CC[C@H]2[C@]3(C)CC=C4CC(OCCNC(=O)CNC(=O)OC(C)(C)C)CC[C@]4(C)[C@H]3CC[C@]12C. The summed E-state index contributed by atoms with van der Waals surface area (Å²) in [6.45, 7) is 21.5. The highest BCUT2D eigenvalue weighted by atomic mass is 16.6. The van der Waals surface area contributed by atoms with E-state index in [0.29, 0.717) is 24.0 Å². The molecule has 0 heterocycles. The van der Waals surface area contributed by atoms with Gasteiger partial charge in [-0.25, -0.2) is 4.79 Å². The van der Waals surface area contributed by atoms with Crippen LogP contribution in [0, 0.1) is 45.8 Å². The van der Waals surface area contributed by atoms with Gasteiger partial charge in [-0.05, 0) is 118 Å². The van der Waals surface area contributed by atoms with Crippen LogP contribution in [0.5, 0.6) is 0 Å². The molecule has 3 fully saturated rings. The monoisotopic (exact) mass is 600 g/mol. The first-order valence-corrected chi connectivity index (χ1v) is 17.6. The van der Waals surface area contributed by atoms with Crippen molar-refractivity contribution in [1.82, 2.24) is 10.6 Å². The third kappa shape index (κ3) is 7.64. The Morgan fingerprint density at radius 2 is 1.70 bits per heavy atom. The largest absolute Gasteiger partial charge is 0.444 e. The van der Waals surface area contributed by atoms with Gasteiger partial charge in [0.25, 0.3) is 0 Å². The second kappa shape index (κ2) is 13.4. The Morgan fingerprint density at radius 3 is 2.40 bits per heavy atom. The lowest BCUT2D eigenvalue weighted by molar-refractivity contribution is -0.121. The molecule has 0 bridgehead atoms. The molecule has 0 spiro atoms. The van der Waals surface area contributed by atoms with Crippen molar-refractivity contribution in [1.29, 1.82) is 0 Å². The molecular formula is C37H64N2O4. The van der Waals surface area contributed by atoms with E-state index in [9.17, 15) is 9.59 Å². The normalized spacial score (nSPS) is 36.2. The van der Waals surface area contributed by atoms with E-state index < -0.39 is 11.7 Å². The van der Waals surface area contributed by atoms with Crippen LogP contribution in [0.4, 0.5) is 4.79 Å². The van der Waals surface area contributed by atoms with Gasteiger partial charge in [0.2, 0.25) is 5.91 Å². The highest BCUT2D eigenvalue weighted by Gasteiger charge is 2.63. The molecule has 2 amide bonds. The maximum Gasteiger partial charge on any atom is 0.408 e. The first-order chi connectivity index (χ1) is 20.1. The molecular weight excluding hydrogens is 536 g/mol. The zero-order valence-electron chi connectivity index (χ0n) is 29.1. The molecule has 0 aliphatic heterocycles. The van der Waals surface area contributed by atoms with Gasteiger partial charge in [-0.15, -0.1) is 0 Å². The third-order valence-electron chi connectivity index (χ3n) is 12.4. The fraction of sp³-hybridized carbons (Fsp3) is 0.892. The van der Waals surface area contributed by atoms with Crippen molar-refractivity contribution in [2.45, 2.75) is 145 Å². The average Bonchev–Trinajstić information content (AvgIpc) is 3.27. The van der Waals surface area contributed by atoms with Crippen molar-refractivity contribution < 1.29 is 19.1 Å². The molecule has 0 aromatic carbocycles. The van der Waals surface area contributed by atoms with E-state index in [0.717, 1.165) is 42.4 Å². The molecule has 3 saturated carbocycles. The van der Waals surface area contributed by atoms with Crippen molar-refractivity contribution in [3.63, 3.8) is 0 Å². The Hall–Kier alpha value is -1.56. The van der Waals surface area contributed by atoms with Crippen LogP contribution in [-0.4, -0.2) is 43.4 Å². The molecule has 0 aromatic rings. The van der Waals surface area contributed by atoms with Crippen LogP contribution in [0.3, 0.4) is 0 Å². The summed E-state index contributed by atoms with van der Waals surface area (Å²) >= 11 is 0. The van der Waals surface area contributed by atoms with Crippen LogP contribution in [0.1, 0.15) is 133 Å². The Kier molecular flexibility index (Phi) is 10.7. The van der Waals surface area contributed by atoms with Crippen LogP contribution in [0.15, 0.2) is 11.6 Å². The number of amides is 2. The summed E-state index contributed by atoms with van der Waals surface area (Å²) in [5.41, 5.74) is 2.24. The minimum atomic E-state index is -0.584. The molecule has 0 aromatic heterocycles. The highest BCUT2D eigenvalue weighted by Crippen LogP contribution is 2.72. The van der Waals surface area contributed by atoms with Gasteiger partial charge in [-0.3, -0.25) is 4.79 Å². The van der Waals surface area contributed by atoms with Gasteiger partial charge in [-0.1, -0.05) is 72.5 Å². The van der Waals surface area contributed by atoms with Gasteiger partial charge < -0.3 is 20.1 Å². The Bertz CT molecular complexity index is 1020. The van der Waals surface area contributed by atoms with Gasteiger partial charge in [0.15, 0.2) is 0 Å². The standard InChI is InChI=1S/C37H64N2O4/c1-25(2)11-10-12-26(3)29-13-14-30-36(29,8)20-17-31-35(7)19-16-28(23-27(35)15-18-37(30,31)9)42-22-21-38-32(40)24-39-33(41)43-34(4,5)6/h15,25-26,28-31H,10-14,16-24H2,1-9H3,(H,38,40)(H,39,41)/t26-,28?,29?,30-,31-,35+,36-,37+/m1/s1. The van der Waals surface area contributed by atoms with E-state index >= 15 is 0 Å². The van der Waals surface area contributed by atoms with Crippen LogP contribution in [0.2, 0.25) is 0 Å². The minimum absolute atomic E-state index is 0.0957. The van der Waals surface area contributed by atoms with Crippen molar-refractivity contribution in [3.05, 3.63) is 11.6 Å². The van der Waals surface area contributed by atoms with E-state index in [-0.39, 0.29) is 24.0 Å². The van der Waals surface area contributed by atoms with Crippen LogP contribution < -0.4 is 10.6 Å². The van der Waals surface area contributed by atoms with Gasteiger partial charge in [-0.2, -0.15) is 0 Å². The number of hydrogen-bond acceptors (Lipinski definition) is 4. The molecule has 4 rings (SSSR count). The summed E-state index contributed by atoms with van der Waals surface area (Å²) in [6.07, 6.45) is 16.6. The molecule has 6 heteroatoms. The number of ether oxygens (including phenoxy) is 2. The predicted octanol–water partition coefficient (Wildman–Crippen LogP) is 8.44. The van der Waals surface area contributed by atoms with E-state index in [1.165, 1.54) is 57.8 Å². The Morgan fingerprint density at radius 1 is 0.953 bits per heavy atom. The number of fused-ring (bicyclic) bond motifs is 5.